The standard InChI is InChI=1S/C15H24N2O/c1-3-5-14(11-16)17-15(18)9-8-13-7-4-6-12(2)10-13/h4,6-7,10,14H,3,5,8-9,11,16H2,1-2H3,(H,17,18). The van der Waals surface area contributed by atoms with Crippen molar-refractivity contribution in [2.45, 2.75) is 45.6 Å². The average Bonchev–Trinajstić information content (AvgIpc) is 2.36. The lowest BCUT2D eigenvalue weighted by Gasteiger charge is -2.15. The number of nitrogens with two attached hydrogens (primary N) is 1. The number of carbonyl (C=O) groups is 1. The largest absolute Gasteiger partial charge is 0.352 e. The highest BCUT2D eigenvalue weighted by Gasteiger charge is 2.09. The van der Waals surface area contributed by atoms with Crippen LogP contribution in [0.2, 0.25) is 0 Å². The van der Waals surface area contributed by atoms with Gasteiger partial charge in [0, 0.05) is 19.0 Å². The molecule has 3 N–H and O–H groups in total. The van der Waals surface area contributed by atoms with Crippen LogP contribution in [0, 0.1) is 6.92 Å². The van der Waals surface area contributed by atoms with Gasteiger partial charge in [0.1, 0.15) is 0 Å². The Morgan fingerprint density at radius 3 is 2.83 bits per heavy atom. The quantitative estimate of drug-likeness (QED) is 0.777. The Morgan fingerprint density at radius 2 is 2.22 bits per heavy atom. The first-order valence-electron chi connectivity index (χ1n) is 6.70. The molecule has 0 saturated heterocycles. The van der Waals surface area contributed by atoms with Crippen molar-refractivity contribution in [2.75, 3.05) is 6.54 Å². The van der Waals surface area contributed by atoms with Crippen LogP contribution in [0.4, 0.5) is 0 Å². The Labute approximate surface area is 110 Å². The number of hydrogen-bond donors (Lipinski definition) is 2. The topological polar surface area (TPSA) is 55.1 Å². The summed E-state index contributed by atoms with van der Waals surface area (Å²) in [5, 5.41) is 2.99. The molecule has 3 nitrogen and oxygen atoms in total. The van der Waals surface area contributed by atoms with Gasteiger partial charge < -0.3 is 11.1 Å². The lowest BCUT2D eigenvalue weighted by molar-refractivity contribution is -0.121. The molecule has 100 valence electrons. The highest BCUT2D eigenvalue weighted by Crippen LogP contribution is 2.06. The van der Waals surface area contributed by atoms with Crippen LogP contribution < -0.4 is 11.1 Å². The predicted molar refractivity (Wildman–Crippen MR) is 75.4 cm³/mol. The molecular formula is C15H24N2O. The fourth-order valence-corrected chi connectivity index (χ4v) is 2.02. The van der Waals surface area contributed by atoms with Crippen LogP contribution in [0.1, 0.15) is 37.3 Å². The van der Waals surface area contributed by atoms with Crippen LogP contribution in [0.5, 0.6) is 0 Å². The Morgan fingerprint density at radius 1 is 1.44 bits per heavy atom. The zero-order valence-electron chi connectivity index (χ0n) is 11.4. The average molecular weight is 248 g/mol. The zero-order valence-corrected chi connectivity index (χ0v) is 11.4. The fourth-order valence-electron chi connectivity index (χ4n) is 2.02. The van der Waals surface area contributed by atoms with Crippen LogP contribution in [-0.2, 0) is 11.2 Å². The minimum Gasteiger partial charge on any atom is -0.352 e. The number of nitrogens with one attached hydrogen (secondary N) is 1. The van der Waals surface area contributed by atoms with Crippen molar-refractivity contribution < 1.29 is 4.79 Å². The van der Waals surface area contributed by atoms with E-state index in [1.807, 2.05) is 6.07 Å². The van der Waals surface area contributed by atoms with Gasteiger partial charge >= 0.3 is 0 Å². The van der Waals surface area contributed by atoms with Crippen molar-refractivity contribution in [1.82, 2.24) is 5.32 Å². The van der Waals surface area contributed by atoms with Crippen LogP contribution >= 0.6 is 0 Å². The van der Waals surface area contributed by atoms with E-state index in [0.29, 0.717) is 13.0 Å². The molecule has 0 radical (unpaired) electrons. The summed E-state index contributed by atoms with van der Waals surface area (Å²) < 4.78 is 0. The normalized spacial score (nSPS) is 12.2. The van der Waals surface area contributed by atoms with Gasteiger partial charge in [0.25, 0.3) is 0 Å². The Bertz CT molecular complexity index is 377. The molecule has 1 unspecified atom stereocenters. The van der Waals surface area contributed by atoms with E-state index in [0.717, 1.165) is 19.3 Å². The van der Waals surface area contributed by atoms with E-state index >= 15 is 0 Å². The van der Waals surface area contributed by atoms with Crippen molar-refractivity contribution in [3.05, 3.63) is 35.4 Å². The second-order valence-corrected chi connectivity index (χ2v) is 4.78. The maximum atomic E-state index is 11.8. The van der Waals surface area contributed by atoms with Gasteiger partial charge in [0.2, 0.25) is 5.91 Å². The minimum atomic E-state index is 0.0976. The van der Waals surface area contributed by atoms with E-state index < -0.39 is 0 Å². The lowest BCUT2D eigenvalue weighted by Crippen LogP contribution is -2.40. The number of amides is 1. The van der Waals surface area contributed by atoms with Crippen LogP contribution in [-0.4, -0.2) is 18.5 Å². The second-order valence-electron chi connectivity index (χ2n) is 4.78. The maximum absolute atomic E-state index is 11.8. The summed E-state index contributed by atoms with van der Waals surface area (Å²) in [7, 11) is 0. The van der Waals surface area contributed by atoms with Crippen molar-refractivity contribution in [2.24, 2.45) is 5.73 Å². The minimum absolute atomic E-state index is 0.0976. The first kappa shape index (κ1) is 14.7. The van der Waals surface area contributed by atoms with Gasteiger partial charge in [-0.3, -0.25) is 4.79 Å². The van der Waals surface area contributed by atoms with Gasteiger partial charge in [-0.2, -0.15) is 0 Å². The Hall–Kier alpha value is -1.35. The van der Waals surface area contributed by atoms with Crippen LogP contribution in [0.25, 0.3) is 0 Å². The van der Waals surface area contributed by atoms with Gasteiger partial charge in [-0.05, 0) is 25.3 Å². The molecule has 0 aliphatic carbocycles. The summed E-state index contributed by atoms with van der Waals surface area (Å²) >= 11 is 0. The van der Waals surface area contributed by atoms with Crippen molar-refractivity contribution in [1.29, 1.82) is 0 Å². The summed E-state index contributed by atoms with van der Waals surface area (Å²) in [6.45, 7) is 4.68. The second kappa shape index (κ2) is 7.88. The molecular weight excluding hydrogens is 224 g/mol. The van der Waals surface area contributed by atoms with Gasteiger partial charge in [0.05, 0.1) is 0 Å². The van der Waals surface area contributed by atoms with Gasteiger partial charge in [-0.15, -0.1) is 0 Å². The van der Waals surface area contributed by atoms with E-state index in [1.54, 1.807) is 0 Å². The van der Waals surface area contributed by atoms with E-state index in [-0.39, 0.29) is 11.9 Å². The number of rotatable bonds is 7. The fraction of sp³-hybridized carbons (Fsp3) is 0.533. The van der Waals surface area contributed by atoms with E-state index in [1.165, 1.54) is 11.1 Å². The number of benzene rings is 1. The third kappa shape index (κ3) is 5.32. The Balaban J connectivity index is 2.36. The third-order valence-electron chi connectivity index (χ3n) is 3.01. The van der Waals surface area contributed by atoms with Crippen molar-refractivity contribution >= 4 is 5.91 Å². The summed E-state index contributed by atoms with van der Waals surface area (Å²) in [4.78, 5) is 11.8. The lowest BCUT2D eigenvalue weighted by atomic mass is 10.1. The number of aryl methyl sites for hydroxylation is 2. The molecule has 3 heteroatoms. The van der Waals surface area contributed by atoms with E-state index in [9.17, 15) is 4.79 Å². The SMILES string of the molecule is CCCC(CN)NC(=O)CCc1cccc(C)c1. The molecule has 1 aromatic carbocycles. The molecule has 1 rings (SSSR count). The predicted octanol–water partition coefficient (Wildman–Crippen LogP) is 2.17. The molecule has 0 aliphatic heterocycles. The van der Waals surface area contributed by atoms with Gasteiger partial charge in [-0.1, -0.05) is 43.2 Å². The van der Waals surface area contributed by atoms with Gasteiger partial charge in [-0.25, -0.2) is 0 Å². The third-order valence-corrected chi connectivity index (χ3v) is 3.01. The van der Waals surface area contributed by atoms with Crippen molar-refractivity contribution in [3.63, 3.8) is 0 Å². The summed E-state index contributed by atoms with van der Waals surface area (Å²) in [5.74, 6) is 0.0976. The highest BCUT2D eigenvalue weighted by molar-refractivity contribution is 5.76. The molecule has 0 fully saturated rings. The van der Waals surface area contributed by atoms with E-state index in [2.05, 4.69) is 37.4 Å². The molecule has 18 heavy (non-hydrogen) atoms. The monoisotopic (exact) mass is 248 g/mol. The summed E-state index contributed by atoms with van der Waals surface area (Å²) in [6.07, 6.45) is 3.31. The molecule has 1 amide bonds. The first-order chi connectivity index (χ1) is 8.65. The van der Waals surface area contributed by atoms with E-state index in [4.69, 9.17) is 5.73 Å². The van der Waals surface area contributed by atoms with Gasteiger partial charge in [0.15, 0.2) is 0 Å². The molecule has 0 heterocycles. The summed E-state index contributed by atoms with van der Waals surface area (Å²) in [5.41, 5.74) is 8.07. The maximum Gasteiger partial charge on any atom is 0.220 e. The number of carbonyl (C=O) groups excluding carboxylic acids is 1. The molecule has 1 atom stereocenters. The molecule has 0 spiro atoms. The van der Waals surface area contributed by atoms with Crippen molar-refractivity contribution in [3.8, 4) is 0 Å². The van der Waals surface area contributed by atoms with Crippen LogP contribution in [0.3, 0.4) is 0 Å². The number of hydrogen-bond acceptors (Lipinski definition) is 2. The zero-order chi connectivity index (χ0) is 13.4. The molecule has 0 saturated carbocycles. The smallest absolute Gasteiger partial charge is 0.220 e. The highest BCUT2D eigenvalue weighted by atomic mass is 16.1. The molecule has 1 aromatic rings. The molecule has 0 aromatic heterocycles. The first-order valence-corrected chi connectivity index (χ1v) is 6.70. The Kier molecular flexibility index (Phi) is 6.44. The molecule has 0 aliphatic rings. The van der Waals surface area contributed by atoms with Crippen LogP contribution in [0.15, 0.2) is 24.3 Å². The summed E-state index contributed by atoms with van der Waals surface area (Å²) in [6, 6.07) is 8.41. The molecule has 0 bridgehead atoms.